The van der Waals surface area contributed by atoms with E-state index in [0.717, 1.165) is 0 Å². The number of hydrogen-bond donors (Lipinski definition) is 1. The minimum absolute atomic E-state index is 0.0131. The van der Waals surface area contributed by atoms with Gasteiger partial charge < -0.3 is 14.7 Å². The standard InChI is InChI=1S/C14H21NO5/c1-9-8-11(17)13(14(19)20-9)10(16)6-4-5-7-12(18)15(2)3/h9,16H,4-8H2,1-3H3/b13-10+/t9-/m1/s1. The zero-order valence-corrected chi connectivity index (χ0v) is 12.1. The van der Waals surface area contributed by atoms with Gasteiger partial charge in [-0.2, -0.15) is 0 Å². The lowest BCUT2D eigenvalue weighted by Gasteiger charge is -2.20. The molecule has 1 rings (SSSR count). The number of Topliss-reactive ketones (excluding diaryl/α,β-unsaturated/α-hetero) is 1. The summed E-state index contributed by atoms with van der Waals surface area (Å²) < 4.78 is 4.93. The van der Waals surface area contributed by atoms with Crippen molar-refractivity contribution in [3.05, 3.63) is 11.3 Å². The average molecular weight is 283 g/mol. The molecule has 1 atom stereocenters. The van der Waals surface area contributed by atoms with Crippen LogP contribution in [0.3, 0.4) is 0 Å². The smallest absolute Gasteiger partial charge is 0.345 e. The molecule has 1 fully saturated rings. The lowest BCUT2D eigenvalue weighted by atomic mass is 9.99. The van der Waals surface area contributed by atoms with Crippen molar-refractivity contribution in [2.24, 2.45) is 0 Å². The van der Waals surface area contributed by atoms with Gasteiger partial charge in [0, 0.05) is 33.4 Å². The van der Waals surface area contributed by atoms with E-state index in [1.54, 1.807) is 21.0 Å². The molecule has 6 heteroatoms. The molecule has 0 bridgehead atoms. The number of aliphatic hydroxyl groups excluding tert-OH is 1. The van der Waals surface area contributed by atoms with Gasteiger partial charge in [0.1, 0.15) is 17.4 Å². The number of carbonyl (C=O) groups is 3. The number of carbonyl (C=O) groups excluding carboxylic acids is 3. The fraction of sp³-hybridized carbons (Fsp3) is 0.643. The van der Waals surface area contributed by atoms with Crippen LogP contribution in [0.5, 0.6) is 0 Å². The number of allylic oxidation sites excluding steroid dienone is 1. The van der Waals surface area contributed by atoms with E-state index in [4.69, 9.17) is 4.74 Å². The number of rotatable bonds is 5. The second-order valence-electron chi connectivity index (χ2n) is 5.16. The summed E-state index contributed by atoms with van der Waals surface area (Å²) in [4.78, 5) is 36.1. The Morgan fingerprint density at radius 3 is 2.45 bits per heavy atom. The number of esters is 1. The van der Waals surface area contributed by atoms with Crippen molar-refractivity contribution in [2.45, 2.75) is 45.1 Å². The van der Waals surface area contributed by atoms with Crippen LogP contribution in [0.1, 0.15) is 39.0 Å². The van der Waals surface area contributed by atoms with E-state index in [1.807, 2.05) is 0 Å². The van der Waals surface area contributed by atoms with Crippen LogP contribution in [0.2, 0.25) is 0 Å². The number of unbranched alkanes of at least 4 members (excludes halogenated alkanes) is 1. The molecule has 112 valence electrons. The minimum Gasteiger partial charge on any atom is -0.511 e. The van der Waals surface area contributed by atoms with Gasteiger partial charge in [0.05, 0.1) is 0 Å². The van der Waals surface area contributed by atoms with Gasteiger partial charge in [-0.3, -0.25) is 9.59 Å². The number of hydrogen-bond acceptors (Lipinski definition) is 5. The highest BCUT2D eigenvalue weighted by molar-refractivity contribution is 6.19. The summed E-state index contributed by atoms with van der Waals surface area (Å²) in [6.07, 6.45) is 1.36. The lowest BCUT2D eigenvalue weighted by Crippen LogP contribution is -2.31. The van der Waals surface area contributed by atoms with Crippen LogP contribution in [-0.4, -0.2) is 47.9 Å². The average Bonchev–Trinajstić information content (AvgIpc) is 2.32. The normalized spacial score (nSPS) is 21.4. The third-order valence-electron chi connectivity index (χ3n) is 3.11. The zero-order chi connectivity index (χ0) is 15.3. The Hall–Kier alpha value is -1.85. The summed E-state index contributed by atoms with van der Waals surface area (Å²) in [5.74, 6) is -1.35. The highest BCUT2D eigenvalue weighted by atomic mass is 16.5. The predicted molar refractivity (Wildman–Crippen MR) is 72.0 cm³/mol. The van der Waals surface area contributed by atoms with Gasteiger partial charge in [0.15, 0.2) is 5.78 Å². The first-order valence-electron chi connectivity index (χ1n) is 6.69. The molecule has 0 aromatic heterocycles. The predicted octanol–water partition coefficient (Wildman–Crippen LogP) is 1.35. The van der Waals surface area contributed by atoms with Crippen LogP contribution >= 0.6 is 0 Å². The van der Waals surface area contributed by atoms with E-state index in [1.165, 1.54) is 4.90 Å². The highest BCUT2D eigenvalue weighted by Crippen LogP contribution is 2.21. The Labute approximate surface area is 118 Å². The van der Waals surface area contributed by atoms with Crippen molar-refractivity contribution in [2.75, 3.05) is 14.1 Å². The fourth-order valence-corrected chi connectivity index (χ4v) is 1.96. The van der Waals surface area contributed by atoms with Crippen molar-refractivity contribution >= 4 is 17.7 Å². The van der Waals surface area contributed by atoms with Crippen molar-refractivity contribution < 1.29 is 24.2 Å². The van der Waals surface area contributed by atoms with Crippen LogP contribution in [0, 0.1) is 0 Å². The molecule has 0 radical (unpaired) electrons. The Morgan fingerprint density at radius 1 is 1.30 bits per heavy atom. The van der Waals surface area contributed by atoms with Crippen molar-refractivity contribution in [1.29, 1.82) is 0 Å². The molecule has 1 aliphatic heterocycles. The first kappa shape index (κ1) is 16.2. The van der Waals surface area contributed by atoms with Gasteiger partial charge in [-0.1, -0.05) is 0 Å². The Morgan fingerprint density at radius 2 is 1.90 bits per heavy atom. The Bertz CT molecular complexity index is 419. The van der Waals surface area contributed by atoms with Gasteiger partial charge in [-0.25, -0.2) is 4.79 Å². The molecule has 0 aromatic rings. The number of ketones is 1. The number of cyclic esters (lactones) is 1. The maximum absolute atomic E-state index is 11.7. The molecule has 6 nitrogen and oxygen atoms in total. The molecule has 1 amide bonds. The lowest BCUT2D eigenvalue weighted by molar-refractivity contribution is -0.150. The summed E-state index contributed by atoms with van der Waals surface area (Å²) in [6, 6.07) is 0. The molecule has 0 aliphatic carbocycles. The highest BCUT2D eigenvalue weighted by Gasteiger charge is 2.32. The minimum atomic E-state index is -0.754. The molecular weight excluding hydrogens is 262 g/mol. The number of aliphatic hydroxyl groups is 1. The molecular formula is C14H21NO5. The van der Waals surface area contributed by atoms with E-state index in [2.05, 4.69) is 0 Å². The molecule has 0 saturated carbocycles. The number of ether oxygens (including phenoxy) is 1. The SMILES string of the molecule is C[C@@H]1CC(=O)/C(=C(\O)CCCCC(=O)N(C)C)C(=O)O1. The quantitative estimate of drug-likeness (QED) is 0.271. The fourth-order valence-electron chi connectivity index (χ4n) is 1.96. The van der Waals surface area contributed by atoms with Crippen LogP contribution < -0.4 is 0 Å². The molecule has 0 unspecified atom stereocenters. The largest absolute Gasteiger partial charge is 0.511 e. The second kappa shape index (κ2) is 7.07. The topological polar surface area (TPSA) is 83.9 Å². The first-order chi connectivity index (χ1) is 9.32. The molecule has 1 saturated heterocycles. The monoisotopic (exact) mass is 283 g/mol. The maximum Gasteiger partial charge on any atom is 0.345 e. The number of amides is 1. The molecule has 0 aromatic carbocycles. The molecule has 0 spiro atoms. The maximum atomic E-state index is 11.7. The van der Waals surface area contributed by atoms with E-state index >= 15 is 0 Å². The third-order valence-corrected chi connectivity index (χ3v) is 3.11. The van der Waals surface area contributed by atoms with E-state index < -0.39 is 12.1 Å². The van der Waals surface area contributed by atoms with Gasteiger partial charge in [0.25, 0.3) is 0 Å². The molecule has 20 heavy (non-hydrogen) atoms. The summed E-state index contributed by atoms with van der Waals surface area (Å²) in [5, 5.41) is 9.84. The van der Waals surface area contributed by atoms with Gasteiger partial charge in [-0.05, 0) is 19.8 Å². The van der Waals surface area contributed by atoms with Gasteiger partial charge >= 0.3 is 5.97 Å². The van der Waals surface area contributed by atoms with Gasteiger partial charge in [0.2, 0.25) is 5.91 Å². The third kappa shape index (κ3) is 4.36. The van der Waals surface area contributed by atoms with Crippen LogP contribution in [0.25, 0.3) is 0 Å². The van der Waals surface area contributed by atoms with Crippen LogP contribution in [-0.2, 0) is 19.1 Å². The number of nitrogens with zero attached hydrogens (tertiary/aromatic N) is 1. The molecule has 1 aliphatic rings. The van der Waals surface area contributed by atoms with Crippen LogP contribution in [0.15, 0.2) is 11.3 Å². The van der Waals surface area contributed by atoms with E-state index in [-0.39, 0.29) is 35.9 Å². The summed E-state index contributed by atoms with van der Waals surface area (Å²) in [7, 11) is 3.36. The molecule has 1 N–H and O–H groups in total. The summed E-state index contributed by atoms with van der Waals surface area (Å²) in [5.41, 5.74) is -0.234. The van der Waals surface area contributed by atoms with E-state index in [9.17, 15) is 19.5 Å². The first-order valence-corrected chi connectivity index (χ1v) is 6.69. The zero-order valence-electron chi connectivity index (χ0n) is 12.1. The summed E-state index contributed by atoms with van der Waals surface area (Å²) in [6.45, 7) is 1.64. The van der Waals surface area contributed by atoms with E-state index in [0.29, 0.717) is 19.3 Å². The van der Waals surface area contributed by atoms with Crippen molar-refractivity contribution in [3.8, 4) is 0 Å². The Kier molecular flexibility index (Phi) is 5.73. The Balaban J connectivity index is 2.50. The molecule has 1 heterocycles. The summed E-state index contributed by atoms with van der Waals surface area (Å²) >= 11 is 0. The van der Waals surface area contributed by atoms with Crippen molar-refractivity contribution in [3.63, 3.8) is 0 Å². The van der Waals surface area contributed by atoms with Gasteiger partial charge in [-0.15, -0.1) is 0 Å². The second-order valence-corrected chi connectivity index (χ2v) is 5.16. The van der Waals surface area contributed by atoms with Crippen LogP contribution in [0.4, 0.5) is 0 Å². The van der Waals surface area contributed by atoms with Crippen molar-refractivity contribution in [1.82, 2.24) is 4.90 Å².